The number of carbonyl (C=O) groups is 3. The number of nitrogens with one attached hydrogen (secondary N) is 2. The van der Waals surface area contributed by atoms with Crippen LogP contribution in [0.5, 0.6) is 0 Å². The number of aliphatic hydroxyl groups excluding tert-OH is 1. The van der Waals surface area contributed by atoms with Crippen molar-refractivity contribution in [3.63, 3.8) is 0 Å². The first-order valence-corrected chi connectivity index (χ1v) is 14.3. The normalized spacial score (nSPS) is 32.9. The Labute approximate surface area is 230 Å². The lowest BCUT2D eigenvalue weighted by Crippen LogP contribution is -2.59. The van der Waals surface area contributed by atoms with E-state index in [1.165, 1.54) is 0 Å². The molecule has 4 fully saturated rings. The number of likely N-dealkylation sites (tertiary alicyclic amines) is 1. The molecule has 1 aromatic rings. The highest BCUT2D eigenvalue weighted by atomic mass is 16.5. The molecule has 3 N–H and O–H groups in total. The zero-order chi connectivity index (χ0) is 27.8. The van der Waals surface area contributed by atoms with Gasteiger partial charge < -0.3 is 30.1 Å². The van der Waals surface area contributed by atoms with Crippen molar-refractivity contribution >= 4 is 23.4 Å². The minimum atomic E-state index is -1.11. The second kappa shape index (κ2) is 11.2. The van der Waals surface area contributed by atoms with Crippen LogP contribution in [0.2, 0.25) is 0 Å². The molecule has 0 aromatic heterocycles. The number of hydrogen-bond donors (Lipinski definition) is 3. The highest BCUT2D eigenvalue weighted by Crippen LogP contribution is 2.64. The van der Waals surface area contributed by atoms with Crippen LogP contribution in [0.15, 0.2) is 30.3 Å². The van der Waals surface area contributed by atoms with Crippen molar-refractivity contribution in [2.24, 2.45) is 17.8 Å². The van der Waals surface area contributed by atoms with E-state index in [9.17, 15) is 19.5 Å². The van der Waals surface area contributed by atoms with Gasteiger partial charge in [-0.25, -0.2) is 0 Å². The standard InChI is InChI=1S/C29H42N4O6/c1-4-28-10-11-29(39-28)23(22(28)25(35)31-20-8-6-5-7-9-20)27(37)33(21(18-34)19(2)3)24(29)26(36)30-12-13-32-14-16-38-17-15-32/h5-9,19,21-24,34H,4,10-18H2,1-3H3,(H,30,36)(H,31,35)/t21-,22+,23-,24?,28-,29?/m0/s1. The van der Waals surface area contributed by atoms with E-state index in [1.54, 1.807) is 4.90 Å². The van der Waals surface area contributed by atoms with Gasteiger partial charge in [-0.3, -0.25) is 19.3 Å². The molecule has 6 atom stereocenters. The Morgan fingerprint density at radius 3 is 2.49 bits per heavy atom. The summed E-state index contributed by atoms with van der Waals surface area (Å²) < 4.78 is 12.2. The topological polar surface area (TPSA) is 120 Å². The number of nitrogens with zero attached hydrogens (tertiary/aromatic N) is 2. The summed E-state index contributed by atoms with van der Waals surface area (Å²) in [4.78, 5) is 45.9. The first-order valence-electron chi connectivity index (χ1n) is 14.3. The van der Waals surface area contributed by atoms with Crippen LogP contribution in [0.4, 0.5) is 5.69 Å². The van der Waals surface area contributed by atoms with Gasteiger partial charge in [-0.15, -0.1) is 0 Å². The van der Waals surface area contributed by atoms with Gasteiger partial charge in [0, 0.05) is 31.9 Å². The second-order valence-corrected chi connectivity index (χ2v) is 11.7. The lowest BCUT2D eigenvalue weighted by molar-refractivity contribution is -0.151. The summed E-state index contributed by atoms with van der Waals surface area (Å²) in [5.74, 6) is -2.44. The van der Waals surface area contributed by atoms with E-state index in [2.05, 4.69) is 15.5 Å². The molecule has 1 aromatic carbocycles. The van der Waals surface area contributed by atoms with E-state index < -0.39 is 35.1 Å². The summed E-state index contributed by atoms with van der Waals surface area (Å²) in [5.41, 5.74) is -1.28. The highest BCUT2D eigenvalue weighted by molar-refractivity contribution is 6.02. The first-order chi connectivity index (χ1) is 18.8. The van der Waals surface area contributed by atoms with Gasteiger partial charge in [0.15, 0.2) is 0 Å². The summed E-state index contributed by atoms with van der Waals surface area (Å²) in [6, 6.07) is 7.72. The molecular formula is C29H42N4O6. The molecule has 5 rings (SSSR count). The Kier molecular flexibility index (Phi) is 8.01. The van der Waals surface area contributed by atoms with Gasteiger partial charge in [0.05, 0.1) is 43.3 Å². The van der Waals surface area contributed by atoms with E-state index in [0.717, 1.165) is 13.1 Å². The Hall–Kier alpha value is -2.53. The number of hydrogen-bond acceptors (Lipinski definition) is 7. The lowest BCUT2D eigenvalue weighted by atomic mass is 9.65. The number of benzene rings is 1. The predicted molar refractivity (Wildman–Crippen MR) is 145 cm³/mol. The summed E-state index contributed by atoms with van der Waals surface area (Å²) in [5, 5.41) is 16.4. The molecule has 39 heavy (non-hydrogen) atoms. The number of morpholine rings is 1. The average molecular weight is 543 g/mol. The zero-order valence-electron chi connectivity index (χ0n) is 23.2. The van der Waals surface area contributed by atoms with Crippen molar-refractivity contribution in [3.05, 3.63) is 30.3 Å². The van der Waals surface area contributed by atoms with E-state index in [1.807, 2.05) is 51.1 Å². The van der Waals surface area contributed by atoms with Crippen LogP contribution in [0.1, 0.15) is 40.0 Å². The molecule has 4 heterocycles. The molecule has 1 spiro atoms. The summed E-state index contributed by atoms with van der Waals surface area (Å²) in [6.07, 6.45) is 1.67. The molecule has 214 valence electrons. The van der Waals surface area contributed by atoms with Crippen molar-refractivity contribution in [2.45, 2.75) is 63.3 Å². The Bertz CT molecular complexity index is 1060. The largest absolute Gasteiger partial charge is 0.394 e. The monoisotopic (exact) mass is 542 g/mol. The van der Waals surface area contributed by atoms with Crippen LogP contribution >= 0.6 is 0 Å². The van der Waals surface area contributed by atoms with Gasteiger partial charge in [-0.2, -0.15) is 0 Å². The van der Waals surface area contributed by atoms with Crippen LogP contribution in [0, 0.1) is 17.8 Å². The number of amides is 3. The lowest BCUT2D eigenvalue weighted by Gasteiger charge is -2.39. The quantitative estimate of drug-likeness (QED) is 0.407. The number of para-hydroxylation sites is 1. The van der Waals surface area contributed by atoms with Gasteiger partial charge in [0.25, 0.3) is 0 Å². The molecule has 4 saturated heterocycles. The van der Waals surface area contributed by atoms with Gasteiger partial charge >= 0.3 is 0 Å². The van der Waals surface area contributed by atoms with Crippen molar-refractivity contribution < 1.29 is 29.0 Å². The van der Waals surface area contributed by atoms with Gasteiger partial charge in [-0.1, -0.05) is 39.0 Å². The van der Waals surface area contributed by atoms with Crippen molar-refractivity contribution in [1.82, 2.24) is 15.1 Å². The molecule has 3 amide bonds. The highest BCUT2D eigenvalue weighted by Gasteiger charge is 2.79. The molecule has 0 radical (unpaired) electrons. The maximum Gasteiger partial charge on any atom is 0.245 e. The molecular weight excluding hydrogens is 500 g/mol. The molecule has 2 unspecified atom stereocenters. The molecule has 0 aliphatic carbocycles. The number of ether oxygens (including phenoxy) is 2. The van der Waals surface area contributed by atoms with Crippen LogP contribution < -0.4 is 10.6 Å². The summed E-state index contributed by atoms with van der Waals surface area (Å²) in [6.45, 7) is 9.66. The predicted octanol–water partition coefficient (Wildman–Crippen LogP) is 1.25. The zero-order valence-corrected chi connectivity index (χ0v) is 23.2. The molecule has 0 saturated carbocycles. The Balaban J connectivity index is 1.46. The van der Waals surface area contributed by atoms with Crippen LogP contribution in [0.3, 0.4) is 0 Å². The van der Waals surface area contributed by atoms with Crippen molar-refractivity contribution in [1.29, 1.82) is 0 Å². The summed E-state index contributed by atoms with van der Waals surface area (Å²) >= 11 is 0. The smallest absolute Gasteiger partial charge is 0.245 e. The number of rotatable bonds is 10. The molecule has 10 nitrogen and oxygen atoms in total. The SMILES string of the molecule is CC[C@@]12CCC3(O1)C(C(=O)NCCN1CCOCC1)N([C@@H](CO)C(C)C)C(=O)[C@@H]3[C@@H]2C(=O)Nc1ccccc1. The maximum absolute atomic E-state index is 14.3. The third kappa shape index (κ3) is 4.75. The van der Waals surface area contributed by atoms with E-state index >= 15 is 0 Å². The minimum absolute atomic E-state index is 0.0910. The first kappa shape index (κ1) is 28.0. The molecule has 4 aliphatic heterocycles. The fourth-order valence-corrected chi connectivity index (χ4v) is 7.33. The third-order valence-electron chi connectivity index (χ3n) is 9.34. The van der Waals surface area contributed by atoms with Crippen molar-refractivity contribution in [2.75, 3.05) is 51.3 Å². The molecule has 4 aliphatic rings. The average Bonchev–Trinajstić information content (AvgIpc) is 3.54. The van der Waals surface area contributed by atoms with E-state index in [4.69, 9.17) is 9.47 Å². The Morgan fingerprint density at radius 1 is 1.13 bits per heavy atom. The number of anilines is 1. The number of fused-ring (bicyclic) bond motifs is 1. The van der Waals surface area contributed by atoms with Crippen molar-refractivity contribution in [3.8, 4) is 0 Å². The summed E-state index contributed by atoms with van der Waals surface area (Å²) in [7, 11) is 0. The van der Waals surface area contributed by atoms with Crippen LogP contribution in [0.25, 0.3) is 0 Å². The number of carbonyl (C=O) groups excluding carboxylic acids is 3. The van der Waals surface area contributed by atoms with E-state index in [0.29, 0.717) is 51.3 Å². The van der Waals surface area contributed by atoms with Gasteiger partial charge in [0.2, 0.25) is 17.7 Å². The van der Waals surface area contributed by atoms with E-state index in [-0.39, 0.29) is 30.2 Å². The number of aliphatic hydroxyl groups is 1. The fraction of sp³-hybridized carbons (Fsp3) is 0.690. The Morgan fingerprint density at radius 2 is 1.85 bits per heavy atom. The fourth-order valence-electron chi connectivity index (χ4n) is 7.33. The third-order valence-corrected chi connectivity index (χ3v) is 9.34. The molecule has 10 heteroatoms. The molecule has 2 bridgehead atoms. The van der Waals surface area contributed by atoms with Crippen LogP contribution in [-0.2, 0) is 23.9 Å². The van der Waals surface area contributed by atoms with Gasteiger partial charge in [-0.05, 0) is 37.3 Å². The second-order valence-electron chi connectivity index (χ2n) is 11.7. The van der Waals surface area contributed by atoms with Crippen LogP contribution in [-0.4, -0.2) is 102 Å². The maximum atomic E-state index is 14.3. The van der Waals surface area contributed by atoms with Gasteiger partial charge in [0.1, 0.15) is 11.6 Å². The minimum Gasteiger partial charge on any atom is -0.394 e.